The number of aromatic nitrogens is 1. The maximum atomic E-state index is 9.73. The third kappa shape index (κ3) is 2.77. The Bertz CT molecular complexity index is 852. The lowest BCUT2D eigenvalue weighted by atomic mass is 9.77. The molecule has 0 bridgehead atoms. The molecule has 2 unspecified atom stereocenters. The van der Waals surface area contributed by atoms with Crippen LogP contribution in [0.3, 0.4) is 0 Å². The molecule has 1 saturated heterocycles. The molecule has 26 heavy (non-hydrogen) atoms. The predicted molar refractivity (Wildman–Crippen MR) is 101 cm³/mol. The maximum absolute atomic E-state index is 9.73. The van der Waals surface area contributed by atoms with Crippen LogP contribution in [-0.2, 0) is 10.3 Å². The van der Waals surface area contributed by atoms with Gasteiger partial charge in [-0.05, 0) is 30.3 Å². The zero-order valence-corrected chi connectivity index (χ0v) is 14.7. The summed E-state index contributed by atoms with van der Waals surface area (Å²) >= 11 is 0. The number of ether oxygens (including phenoxy) is 1. The van der Waals surface area contributed by atoms with Crippen molar-refractivity contribution >= 4 is 0 Å². The highest BCUT2D eigenvalue weighted by atomic mass is 16.5. The van der Waals surface area contributed by atoms with Crippen LogP contribution in [0.15, 0.2) is 79.0 Å². The van der Waals surface area contributed by atoms with Crippen molar-refractivity contribution in [3.63, 3.8) is 0 Å². The number of rotatable bonds is 3. The van der Waals surface area contributed by atoms with E-state index in [4.69, 9.17) is 4.74 Å². The van der Waals surface area contributed by atoms with Gasteiger partial charge in [-0.1, -0.05) is 60.7 Å². The van der Waals surface area contributed by atoms with Crippen molar-refractivity contribution < 1.29 is 9.84 Å². The number of benzene rings is 2. The van der Waals surface area contributed by atoms with Crippen LogP contribution in [0.2, 0.25) is 0 Å². The monoisotopic (exact) mass is 346 g/mol. The van der Waals surface area contributed by atoms with E-state index in [-0.39, 0.29) is 11.8 Å². The first kappa shape index (κ1) is 16.8. The second-order valence-corrected chi connectivity index (χ2v) is 6.65. The van der Waals surface area contributed by atoms with E-state index in [0.717, 1.165) is 17.8 Å². The molecule has 4 heteroatoms. The fraction of sp³-hybridized carbons (Fsp3) is 0.227. The van der Waals surface area contributed by atoms with Crippen molar-refractivity contribution in [2.24, 2.45) is 0 Å². The van der Waals surface area contributed by atoms with E-state index < -0.39 is 5.60 Å². The fourth-order valence-corrected chi connectivity index (χ4v) is 3.89. The van der Waals surface area contributed by atoms with E-state index in [2.05, 4.69) is 53.3 Å². The number of likely N-dealkylation sites (N-methyl/N-ethyl adjacent to an activating group) is 1. The summed E-state index contributed by atoms with van der Waals surface area (Å²) in [5.74, 6) is 0.150. The van der Waals surface area contributed by atoms with Crippen molar-refractivity contribution in [3.8, 4) is 5.75 Å². The molecule has 132 valence electrons. The van der Waals surface area contributed by atoms with Crippen molar-refractivity contribution in [2.45, 2.75) is 11.6 Å². The molecule has 0 spiro atoms. The van der Waals surface area contributed by atoms with Gasteiger partial charge in [-0.25, -0.2) is 0 Å². The molecule has 4 nitrogen and oxygen atoms in total. The summed E-state index contributed by atoms with van der Waals surface area (Å²) in [7, 11) is 2.12. The molecule has 2 heterocycles. The van der Waals surface area contributed by atoms with Crippen LogP contribution in [-0.4, -0.2) is 35.2 Å². The molecule has 1 aliphatic heterocycles. The summed E-state index contributed by atoms with van der Waals surface area (Å²) < 4.78 is 6.53. The molecular weight excluding hydrogens is 324 g/mol. The van der Waals surface area contributed by atoms with E-state index in [1.165, 1.54) is 11.8 Å². The summed E-state index contributed by atoms with van der Waals surface area (Å²) in [6.45, 7) is 1.45. The minimum absolute atomic E-state index is 0.0307. The second-order valence-electron chi connectivity index (χ2n) is 6.65. The average molecular weight is 346 g/mol. The molecule has 1 aromatic heterocycles. The standard InChI is InChI=1S/C22H22N2O2/c1-24-14-15-26-22(18-10-6-3-7-11-18,20-13-12-19(25)16-23-20)21(24)17-8-4-2-5-9-17/h2-13,16,21,25H,14-15H2,1H3. The number of morpholine rings is 1. The van der Waals surface area contributed by atoms with Gasteiger partial charge < -0.3 is 9.84 Å². The van der Waals surface area contributed by atoms with Crippen LogP contribution in [0.25, 0.3) is 0 Å². The van der Waals surface area contributed by atoms with Crippen molar-refractivity contribution in [2.75, 3.05) is 20.2 Å². The van der Waals surface area contributed by atoms with Crippen molar-refractivity contribution in [1.82, 2.24) is 9.88 Å². The van der Waals surface area contributed by atoms with Crippen LogP contribution < -0.4 is 0 Å². The molecule has 0 aliphatic carbocycles. The molecule has 0 radical (unpaired) electrons. The molecular formula is C22H22N2O2. The third-order valence-electron chi connectivity index (χ3n) is 5.05. The van der Waals surface area contributed by atoms with Gasteiger partial charge in [0.05, 0.1) is 24.5 Å². The molecule has 1 aliphatic rings. The predicted octanol–water partition coefficient (Wildman–Crippen LogP) is 3.73. The molecule has 2 aromatic carbocycles. The van der Waals surface area contributed by atoms with Crippen molar-refractivity contribution in [3.05, 3.63) is 95.8 Å². The van der Waals surface area contributed by atoms with Crippen LogP contribution in [0, 0.1) is 0 Å². The first-order valence-electron chi connectivity index (χ1n) is 8.82. The first-order chi connectivity index (χ1) is 12.7. The number of hydrogen-bond donors (Lipinski definition) is 1. The van der Waals surface area contributed by atoms with Crippen LogP contribution in [0.4, 0.5) is 0 Å². The minimum Gasteiger partial charge on any atom is -0.506 e. The Balaban J connectivity index is 1.97. The lowest BCUT2D eigenvalue weighted by Crippen LogP contribution is -2.51. The molecule has 0 amide bonds. The Morgan fingerprint density at radius 1 is 1.00 bits per heavy atom. The maximum Gasteiger partial charge on any atom is 0.154 e. The highest BCUT2D eigenvalue weighted by Gasteiger charge is 2.49. The van der Waals surface area contributed by atoms with Gasteiger partial charge in [0.25, 0.3) is 0 Å². The third-order valence-corrected chi connectivity index (χ3v) is 5.05. The lowest BCUT2D eigenvalue weighted by Gasteiger charge is -2.48. The summed E-state index contributed by atoms with van der Waals surface area (Å²) in [4.78, 5) is 6.88. The molecule has 2 atom stereocenters. The zero-order chi connectivity index (χ0) is 18.0. The molecule has 4 rings (SSSR count). The fourth-order valence-electron chi connectivity index (χ4n) is 3.89. The number of aromatic hydroxyl groups is 1. The van der Waals surface area contributed by atoms with Gasteiger partial charge in [0, 0.05) is 6.54 Å². The van der Waals surface area contributed by atoms with Gasteiger partial charge in [-0.3, -0.25) is 9.88 Å². The van der Waals surface area contributed by atoms with Crippen LogP contribution >= 0.6 is 0 Å². The number of hydrogen-bond acceptors (Lipinski definition) is 4. The SMILES string of the molecule is CN1CCOC(c2ccccc2)(c2ccc(O)cn2)C1c1ccccc1. The van der Waals surface area contributed by atoms with Gasteiger partial charge in [-0.15, -0.1) is 0 Å². The average Bonchev–Trinajstić information content (AvgIpc) is 2.69. The topological polar surface area (TPSA) is 45.6 Å². The Morgan fingerprint density at radius 3 is 2.35 bits per heavy atom. The molecule has 1 fully saturated rings. The van der Waals surface area contributed by atoms with E-state index in [0.29, 0.717) is 6.61 Å². The van der Waals surface area contributed by atoms with Crippen LogP contribution in [0.5, 0.6) is 5.75 Å². The number of pyridine rings is 1. The lowest BCUT2D eigenvalue weighted by molar-refractivity contribution is -0.127. The Hall–Kier alpha value is -2.69. The Labute approximate surface area is 153 Å². The van der Waals surface area contributed by atoms with Gasteiger partial charge in [0.1, 0.15) is 5.75 Å². The number of nitrogens with zero attached hydrogens (tertiary/aromatic N) is 2. The largest absolute Gasteiger partial charge is 0.506 e. The summed E-state index contributed by atoms with van der Waals surface area (Å²) in [5, 5.41) is 9.73. The highest BCUT2D eigenvalue weighted by Crippen LogP contribution is 2.48. The van der Waals surface area contributed by atoms with Gasteiger partial charge in [0.15, 0.2) is 5.60 Å². The van der Waals surface area contributed by atoms with E-state index >= 15 is 0 Å². The van der Waals surface area contributed by atoms with Crippen molar-refractivity contribution in [1.29, 1.82) is 0 Å². The summed E-state index contributed by atoms with van der Waals surface area (Å²) in [6.07, 6.45) is 1.49. The molecule has 3 aromatic rings. The smallest absolute Gasteiger partial charge is 0.154 e. The first-order valence-corrected chi connectivity index (χ1v) is 8.82. The highest BCUT2D eigenvalue weighted by molar-refractivity contribution is 5.40. The Kier molecular flexibility index (Phi) is 4.45. The second kappa shape index (κ2) is 6.90. The van der Waals surface area contributed by atoms with E-state index in [1.54, 1.807) is 6.07 Å². The zero-order valence-electron chi connectivity index (χ0n) is 14.7. The van der Waals surface area contributed by atoms with E-state index in [1.807, 2.05) is 30.3 Å². The van der Waals surface area contributed by atoms with Gasteiger partial charge >= 0.3 is 0 Å². The summed E-state index contributed by atoms with van der Waals surface area (Å²) in [6, 6.07) is 24.1. The molecule has 0 saturated carbocycles. The van der Waals surface area contributed by atoms with E-state index in [9.17, 15) is 5.11 Å². The summed E-state index contributed by atoms with van der Waals surface area (Å²) in [5.41, 5.74) is 2.28. The normalized spacial score (nSPS) is 23.7. The Morgan fingerprint density at radius 2 is 1.69 bits per heavy atom. The molecule has 1 N–H and O–H groups in total. The quantitative estimate of drug-likeness (QED) is 0.785. The minimum atomic E-state index is -0.747. The van der Waals surface area contributed by atoms with Crippen LogP contribution in [0.1, 0.15) is 22.9 Å². The van der Waals surface area contributed by atoms with Gasteiger partial charge in [-0.2, -0.15) is 0 Å². The van der Waals surface area contributed by atoms with Gasteiger partial charge in [0.2, 0.25) is 0 Å².